The number of fused-ring (bicyclic) bond motifs is 4. The standard InChI is InChI=1S/C18H9NO3S3/c20-13-9-5-1-2-6-10(9)14-16(25-18(21)22-14)15(13)24-17-19-11-7-3-4-8-12(11)23-17/h1-8,20H. The maximum absolute atomic E-state index is 11.8. The normalized spacial score (nSPS) is 11.7. The lowest BCUT2D eigenvalue weighted by atomic mass is 10.1. The van der Waals surface area contributed by atoms with Gasteiger partial charge in [-0.25, -0.2) is 9.78 Å². The monoisotopic (exact) mass is 383 g/mol. The molecule has 2 aromatic heterocycles. The molecule has 0 fully saturated rings. The minimum absolute atomic E-state index is 0.157. The summed E-state index contributed by atoms with van der Waals surface area (Å²) in [4.78, 5) is 16.7. The topological polar surface area (TPSA) is 63.3 Å². The average molecular weight is 383 g/mol. The van der Waals surface area contributed by atoms with Crippen LogP contribution in [0.3, 0.4) is 0 Å². The summed E-state index contributed by atoms with van der Waals surface area (Å²) in [5, 5.41) is 12.2. The van der Waals surface area contributed by atoms with Crippen LogP contribution in [-0.2, 0) is 0 Å². The van der Waals surface area contributed by atoms with E-state index in [-0.39, 0.29) is 10.7 Å². The third kappa shape index (κ3) is 2.35. The van der Waals surface area contributed by atoms with Crippen molar-refractivity contribution in [3.63, 3.8) is 0 Å². The molecule has 0 saturated heterocycles. The first kappa shape index (κ1) is 14.9. The molecule has 4 nitrogen and oxygen atoms in total. The van der Waals surface area contributed by atoms with E-state index in [4.69, 9.17) is 4.42 Å². The third-order valence-corrected chi connectivity index (χ3v) is 7.06. The summed E-state index contributed by atoms with van der Waals surface area (Å²) < 4.78 is 7.95. The van der Waals surface area contributed by atoms with Crippen LogP contribution in [0.5, 0.6) is 5.75 Å². The Morgan fingerprint density at radius 2 is 1.76 bits per heavy atom. The van der Waals surface area contributed by atoms with Crippen molar-refractivity contribution in [2.24, 2.45) is 0 Å². The number of benzene rings is 3. The van der Waals surface area contributed by atoms with Gasteiger partial charge in [0, 0.05) is 10.8 Å². The van der Waals surface area contributed by atoms with Crippen LogP contribution in [0.15, 0.2) is 67.0 Å². The van der Waals surface area contributed by atoms with Crippen molar-refractivity contribution >= 4 is 65.7 Å². The molecule has 5 aromatic rings. The molecule has 7 heteroatoms. The molecule has 25 heavy (non-hydrogen) atoms. The number of aromatic hydroxyl groups is 1. The van der Waals surface area contributed by atoms with Crippen LogP contribution in [0.25, 0.3) is 31.3 Å². The van der Waals surface area contributed by atoms with E-state index in [9.17, 15) is 9.90 Å². The molecule has 0 aliphatic heterocycles. The van der Waals surface area contributed by atoms with E-state index in [2.05, 4.69) is 4.98 Å². The summed E-state index contributed by atoms with van der Waals surface area (Å²) in [6, 6.07) is 15.3. The molecule has 0 saturated carbocycles. The van der Waals surface area contributed by atoms with Crippen LogP contribution in [0, 0.1) is 0 Å². The van der Waals surface area contributed by atoms with Gasteiger partial charge in [-0.2, -0.15) is 0 Å². The molecule has 0 atom stereocenters. The molecule has 0 radical (unpaired) electrons. The molecule has 0 amide bonds. The van der Waals surface area contributed by atoms with Gasteiger partial charge in [0.15, 0.2) is 9.92 Å². The lowest BCUT2D eigenvalue weighted by Gasteiger charge is -2.07. The molecule has 3 aromatic carbocycles. The highest BCUT2D eigenvalue weighted by Crippen LogP contribution is 2.47. The zero-order valence-electron chi connectivity index (χ0n) is 12.6. The first-order chi connectivity index (χ1) is 12.2. The van der Waals surface area contributed by atoms with Gasteiger partial charge in [-0.15, -0.1) is 11.3 Å². The largest absolute Gasteiger partial charge is 0.506 e. The number of phenolic OH excluding ortho intramolecular Hbond substituents is 1. The Morgan fingerprint density at radius 1 is 1.00 bits per heavy atom. The lowest BCUT2D eigenvalue weighted by molar-refractivity contribution is 0.470. The first-order valence-electron chi connectivity index (χ1n) is 7.41. The maximum Gasteiger partial charge on any atom is 0.396 e. The number of para-hydroxylation sites is 1. The van der Waals surface area contributed by atoms with Gasteiger partial charge in [0.05, 0.1) is 19.8 Å². The second-order valence-corrected chi connectivity index (χ2v) is 8.62. The van der Waals surface area contributed by atoms with Crippen LogP contribution in [0.4, 0.5) is 0 Å². The highest BCUT2D eigenvalue weighted by Gasteiger charge is 2.20. The lowest BCUT2D eigenvalue weighted by Crippen LogP contribution is -1.81. The number of phenols is 1. The fraction of sp³-hybridized carbons (Fsp3) is 0. The molecule has 1 N–H and O–H groups in total. The summed E-state index contributed by atoms with van der Waals surface area (Å²) >= 11 is 3.93. The number of thiazole rings is 1. The van der Waals surface area contributed by atoms with Gasteiger partial charge in [0.1, 0.15) is 5.75 Å². The Morgan fingerprint density at radius 3 is 2.60 bits per heavy atom. The Bertz CT molecular complexity index is 1280. The Labute approximate surface area is 153 Å². The molecule has 0 unspecified atom stereocenters. The number of hydrogen-bond acceptors (Lipinski definition) is 7. The summed E-state index contributed by atoms with van der Waals surface area (Å²) in [5.41, 5.74) is 1.44. The predicted molar refractivity (Wildman–Crippen MR) is 103 cm³/mol. The van der Waals surface area contributed by atoms with E-state index in [0.717, 1.165) is 31.3 Å². The molecule has 5 rings (SSSR count). The zero-order chi connectivity index (χ0) is 17.0. The molecule has 2 heterocycles. The van der Waals surface area contributed by atoms with Crippen molar-refractivity contribution in [1.29, 1.82) is 0 Å². The van der Waals surface area contributed by atoms with E-state index in [0.29, 0.717) is 20.6 Å². The SMILES string of the molecule is O=c1oc2c(s1)c(Sc1nc3ccccc3s1)c(O)c1ccccc12. The Hall–Kier alpha value is -2.35. The van der Waals surface area contributed by atoms with Crippen molar-refractivity contribution in [2.45, 2.75) is 9.24 Å². The Balaban J connectivity index is 1.78. The molecule has 0 spiro atoms. The first-order valence-corrected chi connectivity index (χ1v) is 9.86. The van der Waals surface area contributed by atoms with Crippen LogP contribution >= 0.6 is 34.4 Å². The molecule has 0 aliphatic carbocycles. The van der Waals surface area contributed by atoms with Gasteiger partial charge in [-0.05, 0) is 12.1 Å². The van der Waals surface area contributed by atoms with Crippen LogP contribution in [-0.4, -0.2) is 10.1 Å². The number of aromatic nitrogens is 1. The fourth-order valence-corrected chi connectivity index (χ4v) is 5.87. The van der Waals surface area contributed by atoms with E-state index in [1.54, 1.807) is 11.3 Å². The van der Waals surface area contributed by atoms with Crippen molar-refractivity contribution in [3.8, 4) is 5.75 Å². The van der Waals surface area contributed by atoms with Crippen molar-refractivity contribution < 1.29 is 9.52 Å². The third-order valence-electron chi connectivity index (χ3n) is 3.89. The van der Waals surface area contributed by atoms with Crippen LogP contribution in [0.1, 0.15) is 0 Å². The van der Waals surface area contributed by atoms with Crippen molar-refractivity contribution in [2.75, 3.05) is 0 Å². The van der Waals surface area contributed by atoms with Gasteiger partial charge in [-0.1, -0.05) is 59.5 Å². The van der Waals surface area contributed by atoms with Gasteiger partial charge in [0.25, 0.3) is 0 Å². The van der Waals surface area contributed by atoms with Crippen molar-refractivity contribution in [3.05, 3.63) is 58.3 Å². The average Bonchev–Trinajstić information content (AvgIpc) is 3.21. The van der Waals surface area contributed by atoms with E-state index >= 15 is 0 Å². The summed E-state index contributed by atoms with van der Waals surface area (Å²) in [5.74, 6) is 0.157. The smallest absolute Gasteiger partial charge is 0.396 e. The molecule has 0 bridgehead atoms. The maximum atomic E-state index is 11.8. The minimum Gasteiger partial charge on any atom is -0.506 e. The second kappa shape index (κ2) is 5.59. The quantitative estimate of drug-likeness (QED) is 0.438. The van der Waals surface area contributed by atoms with Gasteiger partial charge in [-0.3, -0.25) is 0 Å². The highest BCUT2D eigenvalue weighted by molar-refractivity contribution is 8.01. The van der Waals surface area contributed by atoms with Gasteiger partial charge in [0.2, 0.25) is 0 Å². The van der Waals surface area contributed by atoms with E-state index < -0.39 is 0 Å². The predicted octanol–water partition coefficient (Wildman–Crippen LogP) is 5.47. The number of hydrogen-bond donors (Lipinski definition) is 1. The highest BCUT2D eigenvalue weighted by atomic mass is 32.2. The van der Waals surface area contributed by atoms with Crippen LogP contribution in [0.2, 0.25) is 0 Å². The zero-order valence-corrected chi connectivity index (χ0v) is 15.0. The van der Waals surface area contributed by atoms with E-state index in [1.807, 2.05) is 48.5 Å². The number of rotatable bonds is 2. The number of nitrogens with zero attached hydrogens (tertiary/aromatic N) is 1. The fourth-order valence-electron chi connectivity index (χ4n) is 2.80. The Kier molecular flexibility index (Phi) is 3.34. The van der Waals surface area contributed by atoms with Gasteiger partial charge < -0.3 is 9.52 Å². The van der Waals surface area contributed by atoms with Gasteiger partial charge >= 0.3 is 4.94 Å². The molecule has 122 valence electrons. The minimum atomic E-state index is -0.378. The second-order valence-electron chi connectivity index (χ2n) is 5.39. The van der Waals surface area contributed by atoms with E-state index in [1.165, 1.54) is 11.8 Å². The molecular weight excluding hydrogens is 374 g/mol. The summed E-state index contributed by atoms with van der Waals surface area (Å²) in [6.07, 6.45) is 0. The molecule has 0 aliphatic rings. The summed E-state index contributed by atoms with van der Waals surface area (Å²) in [6.45, 7) is 0. The van der Waals surface area contributed by atoms with Crippen molar-refractivity contribution in [1.82, 2.24) is 4.98 Å². The molecular formula is C18H9NO3S3. The summed E-state index contributed by atoms with van der Waals surface area (Å²) in [7, 11) is 0. The van der Waals surface area contributed by atoms with Crippen LogP contribution < -0.4 is 4.94 Å².